The summed E-state index contributed by atoms with van der Waals surface area (Å²) in [4.78, 5) is 3.32. The highest BCUT2D eigenvalue weighted by Crippen LogP contribution is 2.30. The van der Waals surface area contributed by atoms with Crippen molar-refractivity contribution < 1.29 is 5.11 Å². The smallest absolute Gasteiger partial charge is 0.0571 e. The second-order valence-electron chi connectivity index (χ2n) is 5.32. The maximum absolute atomic E-state index is 10.1. The van der Waals surface area contributed by atoms with E-state index in [0.29, 0.717) is 5.92 Å². The minimum absolute atomic E-state index is 0.115. The van der Waals surface area contributed by atoms with E-state index in [4.69, 9.17) is 0 Å². The monoisotopic (exact) mass is 307 g/mol. The summed E-state index contributed by atoms with van der Waals surface area (Å²) < 4.78 is 1.11. The zero-order chi connectivity index (χ0) is 12.5. The first kappa shape index (κ1) is 12.2. The average molecular weight is 308 g/mol. The lowest BCUT2D eigenvalue weighted by atomic mass is 9.82. The number of hydrogen-bond donors (Lipinski definition) is 2. The summed E-state index contributed by atoms with van der Waals surface area (Å²) in [6.45, 7) is 0. The van der Waals surface area contributed by atoms with Crippen LogP contribution in [0.4, 0.5) is 0 Å². The number of aromatic amines is 1. The van der Waals surface area contributed by atoms with E-state index in [9.17, 15) is 5.11 Å². The van der Waals surface area contributed by atoms with Crippen LogP contribution in [0.5, 0.6) is 0 Å². The van der Waals surface area contributed by atoms with Gasteiger partial charge in [-0.3, -0.25) is 0 Å². The first-order chi connectivity index (χ1) is 8.74. The Morgan fingerprint density at radius 2 is 2.11 bits per heavy atom. The van der Waals surface area contributed by atoms with Crippen LogP contribution in [0.15, 0.2) is 28.9 Å². The van der Waals surface area contributed by atoms with E-state index >= 15 is 0 Å². The predicted molar refractivity (Wildman–Crippen MR) is 77.7 cm³/mol. The normalized spacial score (nSPS) is 24.6. The second kappa shape index (κ2) is 5.06. The maximum atomic E-state index is 10.1. The summed E-state index contributed by atoms with van der Waals surface area (Å²) >= 11 is 3.53. The minimum Gasteiger partial charge on any atom is -0.393 e. The maximum Gasteiger partial charge on any atom is 0.0571 e. The molecule has 1 aliphatic rings. The van der Waals surface area contributed by atoms with Crippen molar-refractivity contribution >= 4 is 26.8 Å². The molecular formula is C15H18BrNO. The van der Waals surface area contributed by atoms with Crippen molar-refractivity contribution in [2.24, 2.45) is 5.92 Å². The second-order valence-corrected chi connectivity index (χ2v) is 6.24. The third kappa shape index (κ3) is 2.34. The van der Waals surface area contributed by atoms with Gasteiger partial charge in [-0.1, -0.05) is 28.8 Å². The summed E-state index contributed by atoms with van der Waals surface area (Å²) in [7, 11) is 0. The van der Waals surface area contributed by atoms with Crippen LogP contribution in [0.3, 0.4) is 0 Å². The molecule has 0 amide bonds. The zero-order valence-corrected chi connectivity index (χ0v) is 11.9. The lowest BCUT2D eigenvalue weighted by molar-refractivity contribution is 0.0702. The third-order valence-electron chi connectivity index (χ3n) is 4.08. The number of hydrogen-bond acceptors (Lipinski definition) is 1. The quantitative estimate of drug-likeness (QED) is 0.863. The summed E-state index contributed by atoms with van der Waals surface area (Å²) in [6.07, 6.45) is 7.52. The summed E-state index contributed by atoms with van der Waals surface area (Å²) in [6, 6.07) is 6.31. The standard InChI is InChI=1S/C15H18BrNO/c16-12-5-6-14-13(8-12)11(9-17-14)7-10-3-1-2-4-15(10)18/h5-6,8-10,15,17-18H,1-4,7H2. The molecule has 0 spiro atoms. The van der Waals surface area contributed by atoms with Crippen molar-refractivity contribution in [1.29, 1.82) is 0 Å². The van der Waals surface area contributed by atoms with Crippen LogP contribution < -0.4 is 0 Å². The molecule has 2 aromatic rings. The largest absolute Gasteiger partial charge is 0.393 e. The van der Waals surface area contributed by atoms with Gasteiger partial charge in [0.2, 0.25) is 0 Å². The molecule has 3 rings (SSSR count). The van der Waals surface area contributed by atoms with Gasteiger partial charge in [-0.25, -0.2) is 0 Å². The van der Waals surface area contributed by atoms with Crippen LogP contribution in [0.25, 0.3) is 10.9 Å². The van der Waals surface area contributed by atoms with E-state index in [1.165, 1.54) is 29.3 Å². The molecule has 18 heavy (non-hydrogen) atoms. The molecule has 1 aromatic heterocycles. The molecule has 0 saturated heterocycles. The Bertz CT molecular complexity index is 548. The molecule has 1 aromatic carbocycles. The van der Waals surface area contributed by atoms with Crippen molar-refractivity contribution in [1.82, 2.24) is 4.98 Å². The minimum atomic E-state index is -0.115. The lowest BCUT2D eigenvalue weighted by Crippen LogP contribution is -2.26. The van der Waals surface area contributed by atoms with Crippen LogP contribution in [-0.4, -0.2) is 16.2 Å². The van der Waals surface area contributed by atoms with Gasteiger partial charge in [-0.2, -0.15) is 0 Å². The molecule has 2 N–H and O–H groups in total. The Kier molecular flexibility index (Phi) is 3.44. The van der Waals surface area contributed by atoms with Crippen molar-refractivity contribution in [3.8, 4) is 0 Å². The van der Waals surface area contributed by atoms with Gasteiger partial charge < -0.3 is 10.1 Å². The van der Waals surface area contributed by atoms with Gasteiger partial charge in [0.15, 0.2) is 0 Å². The highest BCUT2D eigenvalue weighted by Gasteiger charge is 2.23. The van der Waals surface area contributed by atoms with Gasteiger partial charge in [0.25, 0.3) is 0 Å². The van der Waals surface area contributed by atoms with Crippen molar-refractivity contribution in [3.63, 3.8) is 0 Å². The number of benzene rings is 1. The predicted octanol–water partition coefficient (Wildman–Crippen LogP) is 4.02. The number of fused-ring (bicyclic) bond motifs is 1. The topological polar surface area (TPSA) is 36.0 Å². The number of H-pyrrole nitrogens is 1. The van der Waals surface area contributed by atoms with E-state index in [1.807, 2.05) is 0 Å². The van der Waals surface area contributed by atoms with Gasteiger partial charge in [0, 0.05) is 21.6 Å². The van der Waals surface area contributed by atoms with Crippen molar-refractivity contribution in [2.45, 2.75) is 38.2 Å². The first-order valence-corrected chi connectivity index (χ1v) is 7.47. The Balaban J connectivity index is 1.87. The van der Waals surface area contributed by atoms with Crippen LogP contribution in [0.2, 0.25) is 0 Å². The molecular weight excluding hydrogens is 290 g/mol. The molecule has 3 heteroatoms. The highest BCUT2D eigenvalue weighted by atomic mass is 79.9. The average Bonchev–Trinajstić information content (AvgIpc) is 2.75. The number of aromatic nitrogens is 1. The Morgan fingerprint density at radius 1 is 1.28 bits per heavy atom. The Morgan fingerprint density at radius 3 is 2.94 bits per heavy atom. The van der Waals surface area contributed by atoms with Crippen molar-refractivity contribution in [2.75, 3.05) is 0 Å². The fraction of sp³-hybridized carbons (Fsp3) is 0.467. The lowest BCUT2D eigenvalue weighted by Gasteiger charge is -2.27. The SMILES string of the molecule is OC1CCCCC1Cc1c[nH]c2ccc(Br)cc12. The van der Waals surface area contributed by atoms with E-state index in [-0.39, 0.29) is 6.10 Å². The first-order valence-electron chi connectivity index (χ1n) is 6.67. The molecule has 1 heterocycles. The molecule has 1 saturated carbocycles. The molecule has 0 radical (unpaired) electrons. The molecule has 2 unspecified atom stereocenters. The molecule has 0 bridgehead atoms. The zero-order valence-electron chi connectivity index (χ0n) is 10.3. The van der Waals surface area contributed by atoms with E-state index in [2.05, 4.69) is 45.3 Å². The van der Waals surface area contributed by atoms with Crippen molar-refractivity contribution in [3.05, 3.63) is 34.4 Å². The fourth-order valence-electron chi connectivity index (χ4n) is 3.03. The number of nitrogens with one attached hydrogen (secondary N) is 1. The van der Waals surface area contributed by atoms with E-state index in [1.54, 1.807) is 0 Å². The molecule has 0 aliphatic heterocycles. The summed E-state index contributed by atoms with van der Waals surface area (Å²) in [5.41, 5.74) is 2.51. The van der Waals surface area contributed by atoms with Crippen LogP contribution in [0, 0.1) is 5.92 Å². The molecule has 2 atom stereocenters. The summed E-state index contributed by atoms with van der Waals surface area (Å²) in [5, 5.41) is 11.4. The highest BCUT2D eigenvalue weighted by molar-refractivity contribution is 9.10. The van der Waals surface area contributed by atoms with Gasteiger partial charge in [0.05, 0.1) is 6.10 Å². The van der Waals surface area contributed by atoms with Gasteiger partial charge in [-0.05, 0) is 48.9 Å². The molecule has 1 aliphatic carbocycles. The van der Waals surface area contributed by atoms with Crippen LogP contribution >= 0.6 is 15.9 Å². The third-order valence-corrected chi connectivity index (χ3v) is 4.57. The Labute approximate surface area is 116 Å². The van der Waals surface area contributed by atoms with Crippen LogP contribution in [0.1, 0.15) is 31.2 Å². The molecule has 2 nitrogen and oxygen atoms in total. The van der Waals surface area contributed by atoms with E-state index in [0.717, 1.165) is 23.7 Å². The van der Waals surface area contributed by atoms with Gasteiger partial charge >= 0.3 is 0 Å². The van der Waals surface area contributed by atoms with E-state index < -0.39 is 0 Å². The number of halogens is 1. The number of aliphatic hydroxyl groups excluding tert-OH is 1. The van der Waals surface area contributed by atoms with Gasteiger partial charge in [0.1, 0.15) is 0 Å². The fourth-order valence-corrected chi connectivity index (χ4v) is 3.39. The molecule has 1 fully saturated rings. The number of aliphatic hydroxyl groups is 1. The molecule has 96 valence electrons. The van der Waals surface area contributed by atoms with Gasteiger partial charge in [-0.15, -0.1) is 0 Å². The number of rotatable bonds is 2. The summed E-state index contributed by atoms with van der Waals surface area (Å²) in [5.74, 6) is 0.428. The van der Waals surface area contributed by atoms with Crippen LogP contribution in [-0.2, 0) is 6.42 Å². The Hall–Kier alpha value is -0.800.